The molecular weight excluding hydrogens is 558 g/mol. The summed E-state index contributed by atoms with van der Waals surface area (Å²) in [5.74, 6) is 0.264. The lowest BCUT2D eigenvalue weighted by Crippen LogP contribution is -2.35. The van der Waals surface area contributed by atoms with E-state index in [-0.39, 0.29) is 23.8 Å². The predicted molar refractivity (Wildman–Crippen MR) is 155 cm³/mol. The quantitative estimate of drug-likeness (QED) is 0.294. The van der Waals surface area contributed by atoms with Gasteiger partial charge >= 0.3 is 0 Å². The molecule has 0 bridgehead atoms. The SMILES string of the molecule is Cc1ccc(C)c(C(Oc2cc3c(cc2C(=O)NS(C)(=O)=O)CCN(C(=O)/C=C/c2ccco2)C3)c2ncoc2C)c1. The van der Waals surface area contributed by atoms with Gasteiger partial charge in [-0.05, 0) is 74.2 Å². The van der Waals surface area contributed by atoms with Crippen molar-refractivity contribution in [3.8, 4) is 5.75 Å². The van der Waals surface area contributed by atoms with Gasteiger partial charge in [0.15, 0.2) is 12.5 Å². The Morgan fingerprint density at radius 1 is 1.10 bits per heavy atom. The monoisotopic (exact) mass is 589 g/mol. The minimum atomic E-state index is -3.85. The van der Waals surface area contributed by atoms with E-state index in [0.717, 1.165) is 34.1 Å². The molecular formula is C31H31N3O7S. The van der Waals surface area contributed by atoms with Gasteiger partial charge < -0.3 is 18.5 Å². The summed E-state index contributed by atoms with van der Waals surface area (Å²) < 4.78 is 43.4. The molecule has 1 N–H and O–H groups in total. The summed E-state index contributed by atoms with van der Waals surface area (Å²) in [5, 5.41) is 0. The Balaban J connectivity index is 1.55. The minimum Gasteiger partial charge on any atom is -0.478 e. The first-order valence-corrected chi connectivity index (χ1v) is 15.2. The van der Waals surface area contributed by atoms with Crippen molar-refractivity contribution in [2.75, 3.05) is 12.8 Å². The van der Waals surface area contributed by atoms with E-state index in [1.54, 1.807) is 42.2 Å². The number of ether oxygens (including phenoxy) is 1. The van der Waals surface area contributed by atoms with Crippen LogP contribution in [0.15, 0.2) is 70.0 Å². The van der Waals surface area contributed by atoms with Crippen LogP contribution in [0.25, 0.3) is 6.08 Å². The van der Waals surface area contributed by atoms with E-state index in [4.69, 9.17) is 13.6 Å². The molecule has 218 valence electrons. The zero-order chi connectivity index (χ0) is 30.0. The summed E-state index contributed by atoms with van der Waals surface area (Å²) in [5.41, 5.74) is 4.95. The van der Waals surface area contributed by atoms with Crippen LogP contribution in [0, 0.1) is 20.8 Å². The van der Waals surface area contributed by atoms with E-state index in [1.807, 2.05) is 32.0 Å². The Labute approximate surface area is 244 Å². The highest BCUT2D eigenvalue weighted by Crippen LogP contribution is 2.36. The Bertz CT molecular complexity index is 1770. The smallest absolute Gasteiger partial charge is 0.268 e. The second kappa shape index (κ2) is 11.7. The normalized spacial score (nSPS) is 14.0. The molecule has 0 aliphatic carbocycles. The minimum absolute atomic E-state index is 0.0631. The number of nitrogens with zero attached hydrogens (tertiary/aromatic N) is 2. The fourth-order valence-corrected chi connectivity index (χ4v) is 5.37. The number of carbonyl (C=O) groups excluding carboxylic acids is 2. The van der Waals surface area contributed by atoms with Crippen LogP contribution in [-0.2, 0) is 27.8 Å². The Kier molecular flexibility index (Phi) is 8.04. The lowest BCUT2D eigenvalue weighted by Gasteiger charge is -2.30. The molecule has 2 aromatic carbocycles. The molecule has 10 nitrogen and oxygen atoms in total. The summed E-state index contributed by atoms with van der Waals surface area (Å²) in [6, 6.07) is 12.8. The number of furan rings is 1. The summed E-state index contributed by atoms with van der Waals surface area (Å²) >= 11 is 0. The zero-order valence-corrected chi connectivity index (χ0v) is 24.5. The number of rotatable bonds is 8. The number of aryl methyl sites for hydroxylation is 3. The standard InChI is InChI=1S/C31H31N3O7S/c1-19-7-8-20(2)25(14-19)30(29-21(3)40-18-32-29)41-27-16-23-17-34(28(35)10-9-24-6-5-13-39-24)12-11-22(23)15-26(27)31(36)33-42(4,37)38/h5-10,13-16,18,30H,11-12,17H2,1-4H3,(H,33,36)/b10-9+. The number of hydrogen-bond acceptors (Lipinski definition) is 8. The van der Waals surface area contributed by atoms with Gasteiger partial charge in [0.25, 0.3) is 5.91 Å². The summed E-state index contributed by atoms with van der Waals surface area (Å²) in [6.07, 6.45) is 6.56. The van der Waals surface area contributed by atoms with Gasteiger partial charge in [0.2, 0.25) is 15.9 Å². The van der Waals surface area contributed by atoms with E-state index in [1.165, 1.54) is 18.7 Å². The largest absolute Gasteiger partial charge is 0.478 e. The molecule has 1 aliphatic rings. The van der Waals surface area contributed by atoms with Crippen molar-refractivity contribution in [3.63, 3.8) is 0 Å². The highest BCUT2D eigenvalue weighted by Gasteiger charge is 2.29. The molecule has 11 heteroatoms. The number of fused-ring (bicyclic) bond motifs is 1. The number of amides is 2. The third-order valence-corrected chi connectivity index (χ3v) is 7.63. The topological polar surface area (TPSA) is 132 Å². The number of benzene rings is 2. The second-order valence-corrected chi connectivity index (χ2v) is 12.1. The van der Waals surface area contributed by atoms with Gasteiger partial charge in [-0.3, -0.25) is 9.59 Å². The number of hydrogen-bond donors (Lipinski definition) is 1. The van der Waals surface area contributed by atoms with Crippen LogP contribution in [-0.4, -0.2) is 42.9 Å². The number of sulfonamides is 1. The fourth-order valence-electron chi connectivity index (χ4n) is 4.92. The zero-order valence-electron chi connectivity index (χ0n) is 23.7. The maximum atomic E-state index is 13.2. The predicted octanol–water partition coefficient (Wildman–Crippen LogP) is 4.65. The molecule has 2 amide bonds. The first-order chi connectivity index (χ1) is 20.0. The lowest BCUT2D eigenvalue weighted by atomic mass is 9.95. The summed E-state index contributed by atoms with van der Waals surface area (Å²) in [7, 11) is -3.85. The highest BCUT2D eigenvalue weighted by atomic mass is 32.2. The lowest BCUT2D eigenvalue weighted by molar-refractivity contribution is -0.126. The van der Waals surface area contributed by atoms with E-state index in [9.17, 15) is 18.0 Å². The molecule has 2 aromatic heterocycles. The van der Waals surface area contributed by atoms with E-state index >= 15 is 0 Å². The van der Waals surface area contributed by atoms with Crippen LogP contribution >= 0.6 is 0 Å². The molecule has 42 heavy (non-hydrogen) atoms. The van der Waals surface area contributed by atoms with Crippen molar-refractivity contribution in [2.45, 2.75) is 39.8 Å². The van der Waals surface area contributed by atoms with Crippen LogP contribution < -0.4 is 9.46 Å². The van der Waals surface area contributed by atoms with Crippen molar-refractivity contribution >= 4 is 27.9 Å². The second-order valence-electron chi connectivity index (χ2n) is 10.3. The van der Waals surface area contributed by atoms with Crippen molar-refractivity contribution in [1.82, 2.24) is 14.6 Å². The summed E-state index contributed by atoms with van der Waals surface area (Å²) in [6.45, 7) is 6.38. The first kappa shape index (κ1) is 28.9. The summed E-state index contributed by atoms with van der Waals surface area (Å²) in [4.78, 5) is 32.3. The molecule has 4 aromatic rings. The Hall–Kier alpha value is -4.64. The van der Waals surface area contributed by atoms with Gasteiger partial charge in [0, 0.05) is 24.7 Å². The molecule has 0 saturated heterocycles. The highest BCUT2D eigenvalue weighted by molar-refractivity contribution is 7.89. The number of carbonyl (C=O) groups is 2. The van der Waals surface area contributed by atoms with Gasteiger partial charge in [0.1, 0.15) is 23.0 Å². The van der Waals surface area contributed by atoms with Gasteiger partial charge in [-0.2, -0.15) is 0 Å². The van der Waals surface area contributed by atoms with Crippen LogP contribution in [0.2, 0.25) is 0 Å². The maximum absolute atomic E-state index is 13.2. The maximum Gasteiger partial charge on any atom is 0.268 e. The molecule has 0 spiro atoms. The average Bonchev–Trinajstić information content (AvgIpc) is 3.62. The van der Waals surface area contributed by atoms with Gasteiger partial charge in [-0.25, -0.2) is 18.1 Å². The van der Waals surface area contributed by atoms with Crippen LogP contribution in [0.3, 0.4) is 0 Å². The third kappa shape index (κ3) is 6.46. The van der Waals surface area contributed by atoms with Crippen molar-refractivity contribution in [2.24, 2.45) is 0 Å². The molecule has 0 fully saturated rings. The molecule has 0 saturated carbocycles. The molecule has 0 radical (unpaired) electrons. The van der Waals surface area contributed by atoms with Crippen LogP contribution in [0.5, 0.6) is 5.75 Å². The van der Waals surface area contributed by atoms with Gasteiger partial charge in [-0.1, -0.05) is 23.8 Å². The molecule has 1 aliphatic heterocycles. The van der Waals surface area contributed by atoms with Crippen LogP contribution in [0.4, 0.5) is 0 Å². The first-order valence-electron chi connectivity index (χ1n) is 13.3. The van der Waals surface area contributed by atoms with E-state index in [2.05, 4.69) is 9.71 Å². The number of oxazole rings is 1. The number of nitrogens with one attached hydrogen (secondary N) is 1. The molecule has 1 unspecified atom stereocenters. The van der Waals surface area contributed by atoms with E-state index in [0.29, 0.717) is 30.2 Å². The third-order valence-electron chi connectivity index (χ3n) is 7.07. The van der Waals surface area contributed by atoms with Crippen molar-refractivity contribution in [3.05, 3.63) is 112 Å². The Morgan fingerprint density at radius 3 is 2.60 bits per heavy atom. The van der Waals surface area contributed by atoms with Crippen molar-refractivity contribution in [1.29, 1.82) is 0 Å². The van der Waals surface area contributed by atoms with Gasteiger partial charge in [-0.15, -0.1) is 0 Å². The molecule has 5 rings (SSSR count). The van der Waals surface area contributed by atoms with Gasteiger partial charge in [0.05, 0.1) is 18.1 Å². The fraction of sp³-hybridized carbons (Fsp3) is 0.258. The van der Waals surface area contributed by atoms with Crippen molar-refractivity contribution < 1.29 is 31.6 Å². The number of aromatic nitrogens is 1. The van der Waals surface area contributed by atoms with E-state index < -0.39 is 22.0 Å². The van der Waals surface area contributed by atoms with Crippen LogP contribution in [0.1, 0.15) is 61.5 Å². The molecule has 3 heterocycles. The molecule has 1 atom stereocenters. The average molecular weight is 590 g/mol. The Morgan fingerprint density at radius 2 is 1.90 bits per heavy atom.